The number of hydrogen-bond acceptors (Lipinski definition) is 3. The third kappa shape index (κ3) is 4.47. The second-order valence-electron chi connectivity index (χ2n) is 2.93. The van der Waals surface area contributed by atoms with Crippen LogP contribution in [0, 0.1) is 0 Å². The van der Waals surface area contributed by atoms with E-state index in [1.807, 2.05) is 6.07 Å². The van der Waals surface area contributed by atoms with Crippen molar-refractivity contribution in [2.75, 3.05) is 7.11 Å². The summed E-state index contributed by atoms with van der Waals surface area (Å²) in [5, 5.41) is 0. The molecule has 16 heavy (non-hydrogen) atoms. The molecule has 0 spiro atoms. The summed E-state index contributed by atoms with van der Waals surface area (Å²) in [5.74, 6) is -0.347. The molecule has 1 rings (SSSR count). The highest BCUT2D eigenvalue weighted by atomic mass is 127. The van der Waals surface area contributed by atoms with E-state index in [9.17, 15) is 4.79 Å². The van der Waals surface area contributed by atoms with Crippen LogP contribution in [-0.2, 0) is 11.3 Å². The number of methoxy groups -OCH3 is 1. The van der Waals surface area contributed by atoms with E-state index in [0.717, 1.165) is 5.56 Å². The molecule has 1 aromatic rings. The molecule has 6 heteroatoms. The lowest BCUT2D eigenvalue weighted by Gasteiger charge is -2.01. The normalized spacial score (nSPS) is 8.81. The van der Waals surface area contributed by atoms with Crippen LogP contribution in [0.3, 0.4) is 0 Å². The number of benzene rings is 1. The first-order chi connectivity index (χ1) is 7.13. The minimum Gasteiger partial charge on any atom is -0.465 e. The molecule has 4 N–H and O–H groups in total. The van der Waals surface area contributed by atoms with Crippen LogP contribution in [0.4, 0.5) is 0 Å². The van der Waals surface area contributed by atoms with Gasteiger partial charge in [-0.25, -0.2) is 9.79 Å². The molecule has 0 aliphatic rings. The molecule has 0 unspecified atom stereocenters. The molecule has 0 aromatic heterocycles. The van der Waals surface area contributed by atoms with Gasteiger partial charge in [0.05, 0.1) is 19.2 Å². The molecular formula is C10H14IN3O2. The molecule has 0 bridgehead atoms. The van der Waals surface area contributed by atoms with Crippen LogP contribution in [0.1, 0.15) is 15.9 Å². The Morgan fingerprint density at radius 2 is 2.12 bits per heavy atom. The number of esters is 1. The van der Waals surface area contributed by atoms with Gasteiger partial charge in [-0.15, -0.1) is 24.0 Å². The Labute approximate surface area is 111 Å². The molecule has 88 valence electrons. The van der Waals surface area contributed by atoms with Crippen molar-refractivity contribution in [3.63, 3.8) is 0 Å². The topological polar surface area (TPSA) is 90.7 Å². The Kier molecular flexibility index (Phi) is 6.47. The summed E-state index contributed by atoms with van der Waals surface area (Å²) in [6, 6.07) is 6.95. The van der Waals surface area contributed by atoms with E-state index in [1.54, 1.807) is 18.2 Å². The quantitative estimate of drug-likeness (QED) is 0.371. The standard InChI is InChI=1S/C10H13N3O2.HI/c1-15-9(14)8-4-2-3-7(5-8)6-13-10(11)12;/h2-5H,6H2,1H3,(H4,11,12,13);1H. The number of ether oxygens (including phenoxy) is 1. The van der Waals surface area contributed by atoms with E-state index >= 15 is 0 Å². The van der Waals surface area contributed by atoms with Crippen molar-refractivity contribution in [1.82, 2.24) is 0 Å². The molecule has 0 fully saturated rings. The molecule has 0 atom stereocenters. The third-order valence-corrected chi connectivity index (χ3v) is 1.79. The van der Waals surface area contributed by atoms with Crippen molar-refractivity contribution in [1.29, 1.82) is 0 Å². The summed E-state index contributed by atoms with van der Waals surface area (Å²) in [5.41, 5.74) is 11.7. The molecule has 0 saturated heterocycles. The lowest BCUT2D eigenvalue weighted by atomic mass is 10.1. The summed E-state index contributed by atoms with van der Waals surface area (Å²) in [4.78, 5) is 15.0. The molecule has 0 aliphatic heterocycles. The highest BCUT2D eigenvalue weighted by molar-refractivity contribution is 14.0. The van der Waals surface area contributed by atoms with Crippen LogP contribution >= 0.6 is 24.0 Å². The maximum Gasteiger partial charge on any atom is 0.337 e. The predicted molar refractivity (Wildman–Crippen MR) is 72.7 cm³/mol. The van der Waals surface area contributed by atoms with Crippen LogP contribution in [-0.4, -0.2) is 19.0 Å². The molecular weight excluding hydrogens is 321 g/mol. The first-order valence-corrected chi connectivity index (χ1v) is 4.36. The maximum absolute atomic E-state index is 11.2. The van der Waals surface area contributed by atoms with Gasteiger partial charge >= 0.3 is 5.97 Å². The van der Waals surface area contributed by atoms with E-state index in [0.29, 0.717) is 12.1 Å². The van der Waals surface area contributed by atoms with Crippen molar-refractivity contribution < 1.29 is 9.53 Å². The fourth-order valence-corrected chi connectivity index (χ4v) is 1.10. The maximum atomic E-state index is 11.2. The monoisotopic (exact) mass is 335 g/mol. The Morgan fingerprint density at radius 3 is 2.69 bits per heavy atom. The van der Waals surface area contributed by atoms with Gasteiger partial charge in [-0.1, -0.05) is 12.1 Å². The second-order valence-corrected chi connectivity index (χ2v) is 2.93. The van der Waals surface area contributed by atoms with Gasteiger partial charge in [0.2, 0.25) is 0 Å². The first-order valence-electron chi connectivity index (χ1n) is 4.36. The van der Waals surface area contributed by atoms with Crippen molar-refractivity contribution in [3.8, 4) is 0 Å². The fraction of sp³-hybridized carbons (Fsp3) is 0.200. The number of carbonyl (C=O) groups is 1. The number of guanidine groups is 1. The summed E-state index contributed by atoms with van der Waals surface area (Å²) < 4.78 is 4.59. The fourth-order valence-electron chi connectivity index (χ4n) is 1.10. The van der Waals surface area contributed by atoms with E-state index in [-0.39, 0.29) is 35.9 Å². The summed E-state index contributed by atoms with van der Waals surface area (Å²) >= 11 is 0. The zero-order valence-electron chi connectivity index (χ0n) is 8.84. The summed E-state index contributed by atoms with van der Waals surface area (Å²) in [6.07, 6.45) is 0. The van der Waals surface area contributed by atoms with E-state index in [4.69, 9.17) is 11.5 Å². The number of nitrogens with two attached hydrogens (primary N) is 2. The van der Waals surface area contributed by atoms with Gasteiger partial charge in [-0.3, -0.25) is 0 Å². The highest BCUT2D eigenvalue weighted by Crippen LogP contribution is 2.07. The van der Waals surface area contributed by atoms with E-state index < -0.39 is 0 Å². The van der Waals surface area contributed by atoms with Crippen molar-refractivity contribution in [2.24, 2.45) is 16.5 Å². The molecule has 0 heterocycles. The van der Waals surface area contributed by atoms with Crippen molar-refractivity contribution in [2.45, 2.75) is 6.54 Å². The van der Waals surface area contributed by atoms with E-state index in [1.165, 1.54) is 7.11 Å². The van der Waals surface area contributed by atoms with Crippen LogP contribution < -0.4 is 11.5 Å². The molecule has 1 aromatic carbocycles. The molecule has 5 nitrogen and oxygen atoms in total. The number of nitrogens with zero attached hydrogens (tertiary/aromatic N) is 1. The van der Waals surface area contributed by atoms with Gasteiger partial charge in [0.1, 0.15) is 0 Å². The van der Waals surface area contributed by atoms with Gasteiger partial charge in [0.15, 0.2) is 5.96 Å². The van der Waals surface area contributed by atoms with Gasteiger partial charge in [0, 0.05) is 0 Å². The van der Waals surface area contributed by atoms with Crippen LogP contribution in [0.5, 0.6) is 0 Å². The number of aliphatic imine (C=N–C) groups is 1. The first kappa shape index (κ1) is 14.7. The molecule has 0 radical (unpaired) electrons. The number of carbonyl (C=O) groups excluding carboxylic acids is 1. The zero-order chi connectivity index (χ0) is 11.3. The molecule has 0 aliphatic carbocycles. The minimum atomic E-state index is -0.374. The molecule has 0 amide bonds. The Balaban J connectivity index is 0.00000225. The average molecular weight is 335 g/mol. The Morgan fingerprint density at radius 1 is 1.44 bits per heavy atom. The highest BCUT2D eigenvalue weighted by Gasteiger charge is 2.04. The lowest BCUT2D eigenvalue weighted by molar-refractivity contribution is 0.0600. The zero-order valence-corrected chi connectivity index (χ0v) is 11.2. The van der Waals surface area contributed by atoms with Gasteiger partial charge in [-0.2, -0.15) is 0 Å². The smallest absolute Gasteiger partial charge is 0.337 e. The number of halogens is 1. The minimum absolute atomic E-state index is 0. The van der Waals surface area contributed by atoms with Crippen LogP contribution in [0.25, 0.3) is 0 Å². The SMILES string of the molecule is COC(=O)c1cccc(CN=C(N)N)c1.I. The number of hydrogen-bond donors (Lipinski definition) is 2. The van der Waals surface area contributed by atoms with Crippen LogP contribution in [0.2, 0.25) is 0 Å². The largest absolute Gasteiger partial charge is 0.465 e. The van der Waals surface area contributed by atoms with Gasteiger partial charge in [0.25, 0.3) is 0 Å². The Bertz CT molecular complexity index is 389. The number of rotatable bonds is 3. The summed E-state index contributed by atoms with van der Waals surface area (Å²) in [7, 11) is 1.34. The van der Waals surface area contributed by atoms with Crippen molar-refractivity contribution in [3.05, 3.63) is 35.4 Å². The average Bonchev–Trinajstić information content (AvgIpc) is 2.25. The van der Waals surface area contributed by atoms with Gasteiger partial charge in [-0.05, 0) is 17.7 Å². The lowest BCUT2D eigenvalue weighted by Crippen LogP contribution is -2.22. The van der Waals surface area contributed by atoms with Crippen molar-refractivity contribution >= 4 is 35.9 Å². The van der Waals surface area contributed by atoms with Crippen LogP contribution in [0.15, 0.2) is 29.3 Å². The van der Waals surface area contributed by atoms with Gasteiger partial charge < -0.3 is 16.2 Å². The van der Waals surface area contributed by atoms with E-state index in [2.05, 4.69) is 9.73 Å². The Hall–Kier alpha value is -1.31. The summed E-state index contributed by atoms with van der Waals surface area (Å²) in [6.45, 7) is 0.354. The third-order valence-electron chi connectivity index (χ3n) is 1.79. The predicted octanol–water partition coefficient (Wildman–Crippen LogP) is 0.865. The molecule has 0 saturated carbocycles. The second kappa shape index (κ2) is 7.04.